The molecule has 1 aliphatic heterocycles. The topological polar surface area (TPSA) is 65.5 Å². The molecule has 1 amide bonds. The SMILES string of the molecule is CC(=O)[C@H](Cc1ccccc1)NC(=O)CN1CCN(c2ccccn2)CC1. The van der Waals surface area contributed by atoms with E-state index in [2.05, 4.69) is 20.1 Å². The third kappa shape index (κ3) is 5.62. The van der Waals surface area contributed by atoms with Gasteiger partial charge in [0.2, 0.25) is 5.91 Å². The van der Waals surface area contributed by atoms with Crippen molar-refractivity contribution in [2.45, 2.75) is 19.4 Å². The normalized spacial score (nSPS) is 16.0. The number of piperazine rings is 1. The fourth-order valence-corrected chi connectivity index (χ4v) is 3.27. The Bertz CT molecular complexity index is 743. The second-order valence-electron chi connectivity index (χ2n) is 6.87. The minimum Gasteiger partial charge on any atom is -0.354 e. The van der Waals surface area contributed by atoms with E-state index in [1.807, 2.05) is 48.5 Å². The summed E-state index contributed by atoms with van der Waals surface area (Å²) in [6, 6.07) is 15.2. The highest BCUT2D eigenvalue weighted by atomic mass is 16.2. The minimum atomic E-state index is -0.477. The fourth-order valence-electron chi connectivity index (χ4n) is 3.27. The van der Waals surface area contributed by atoms with Crippen LogP contribution in [0.2, 0.25) is 0 Å². The number of rotatable bonds is 7. The van der Waals surface area contributed by atoms with Crippen LogP contribution in [0, 0.1) is 0 Å². The summed E-state index contributed by atoms with van der Waals surface area (Å²) in [6.07, 6.45) is 2.32. The molecule has 6 nitrogen and oxygen atoms in total. The van der Waals surface area contributed by atoms with Gasteiger partial charge in [0.25, 0.3) is 0 Å². The van der Waals surface area contributed by atoms with Crippen LogP contribution < -0.4 is 10.2 Å². The number of carbonyl (C=O) groups is 2. The molecule has 1 N–H and O–H groups in total. The van der Waals surface area contributed by atoms with E-state index in [0.717, 1.165) is 37.6 Å². The van der Waals surface area contributed by atoms with E-state index < -0.39 is 6.04 Å². The van der Waals surface area contributed by atoms with Crippen molar-refractivity contribution >= 4 is 17.5 Å². The van der Waals surface area contributed by atoms with Gasteiger partial charge >= 0.3 is 0 Å². The van der Waals surface area contributed by atoms with Crippen LogP contribution in [0.15, 0.2) is 54.7 Å². The fraction of sp³-hybridized carbons (Fsp3) is 0.381. The average Bonchev–Trinajstić information content (AvgIpc) is 2.69. The monoisotopic (exact) mass is 366 g/mol. The van der Waals surface area contributed by atoms with Gasteiger partial charge in [-0.25, -0.2) is 4.98 Å². The lowest BCUT2D eigenvalue weighted by Crippen LogP contribution is -2.51. The van der Waals surface area contributed by atoms with Crippen molar-refractivity contribution in [3.05, 3.63) is 60.3 Å². The molecule has 0 saturated carbocycles. The van der Waals surface area contributed by atoms with Gasteiger partial charge in [-0.1, -0.05) is 36.4 Å². The van der Waals surface area contributed by atoms with Crippen LogP contribution in [-0.2, 0) is 16.0 Å². The van der Waals surface area contributed by atoms with Gasteiger partial charge < -0.3 is 10.2 Å². The number of pyridine rings is 1. The van der Waals surface area contributed by atoms with Crippen molar-refractivity contribution in [1.29, 1.82) is 0 Å². The molecule has 142 valence electrons. The molecule has 0 bridgehead atoms. The molecule has 27 heavy (non-hydrogen) atoms. The number of aromatic nitrogens is 1. The van der Waals surface area contributed by atoms with E-state index in [0.29, 0.717) is 13.0 Å². The van der Waals surface area contributed by atoms with E-state index in [1.54, 1.807) is 6.20 Å². The second-order valence-corrected chi connectivity index (χ2v) is 6.87. The summed E-state index contributed by atoms with van der Waals surface area (Å²) < 4.78 is 0. The smallest absolute Gasteiger partial charge is 0.234 e. The zero-order chi connectivity index (χ0) is 19.1. The van der Waals surface area contributed by atoms with Crippen LogP contribution >= 0.6 is 0 Å². The number of amides is 1. The Labute approximate surface area is 160 Å². The summed E-state index contributed by atoms with van der Waals surface area (Å²) in [4.78, 5) is 33.1. The third-order valence-electron chi connectivity index (χ3n) is 4.82. The van der Waals surface area contributed by atoms with Gasteiger partial charge in [0.05, 0.1) is 12.6 Å². The third-order valence-corrected chi connectivity index (χ3v) is 4.82. The second kappa shape index (κ2) is 9.28. The number of nitrogens with one attached hydrogen (secondary N) is 1. The first-order chi connectivity index (χ1) is 13.1. The lowest BCUT2D eigenvalue weighted by molar-refractivity contribution is -0.127. The Hall–Kier alpha value is -2.73. The highest BCUT2D eigenvalue weighted by molar-refractivity contribution is 5.88. The molecule has 2 aromatic rings. The number of hydrogen-bond acceptors (Lipinski definition) is 5. The van der Waals surface area contributed by atoms with Crippen LogP contribution in [0.25, 0.3) is 0 Å². The Morgan fingerprint density at radius 3 is 2.37 bits per heavy atom. The van der Waals surface area contributed by atoms with E-state index in [4.69, 9.17) is 0 Å². The van der Waals surface area contributed by atoms with Crippen LogP contribution in [0.4, 0.5) is 5.82 Å². The maximum absolute atomic E-state index is 12.4. The van der Waals surface area contributed by atoms with Crippen molar-refractivity contribution in [3.63, 3.8) is 0 Å². The molecule has 2 heterocycles. The molecule has 0 unspecified atom stereocenters. The molecule has 1 fully saturated rings. The van der Waals surface area contributed by atoms with Crippen LogP contribution in [0.1, 0.15) is 12.5 Å². The van der Waals surface area contributed by atoms with E-state index in [9.17, 15) is 9.59 Å². The van der Waals surface area contributed by atoms with Crippen LogP contribution in [-0.4, -0.2) is 60.3 Å². The highest BCUT2D eigenvalue weighted by Crippen LogP contribution is 2.12. The van der Waals surface area contributed by atoms with Gasteiger partial charge in [-0.05, 0) is 31.0 Å². The summed E-state index contributed by atoms with van der Waals surface area (Å²) >= 11 is 0. The Balaban J connectivity index is 1.48. The molecular weight excluding hydrogens is 340 g/mol. The largest absolute Gasteiger partial charge is 0.354 e. The summed E-state index contributed by atoms with van der Waals surface area (Å²) in [7, 11) is 0. The van der Waals surface area contributed by atoms with Gasteiger partial charge in [0, 0.05) is 32.4 Å². The molecule has 0 aliphatic carbocycles. The summed E-state index contributed by atoms with van der Waals surface area (Å²) in [5.41, 5.74) is 1.04. The number of Topliss-reactive ketones (excluding diaryl/α,β-unsaturated/α-hetero) is 1. The Morgan fingerprint density at radius 2 is 1.74 bits per heavy atom. The van der Waals surface area contributed by atoms with Gasteiger partial charge in [-0.3, -0.25) is 14.5 Å². The molecule has 1 aliphatic rings. The first-order valence-electron chi connectivity index (χ1n) is 9.34. The zero-order valence-electron chi connectivity index (χ0n) is 15.7. The zero-order valence-corrected chi connectivity index (χ0v) is 15.7. The molecular formula is C21H26N4O2. The standard InChI is InChI=1S/C21H26N4O2/c1-17(26)19(15-18-7-3-2-4-8-18)23-21(27)16-24-11-13-25(14-12-24)20-9-5-6-10-22-20/h2-10,19H,11-16H2,1H3,(H,23,27)/t19-/m0/s1. The maximum atomic E-state index is 12.4. The van der Waals surface area contributed by atoms with Crippen molar-refractivity contribution < 1.29 is 9.59 Å². The van der Waals surface area contributed by atoms with E-state index in [1.165, 1.54) is 6.92 Å². The number of nitrogens with zero attached hydrogens (tertiary/aromatic N) is 3. The van der Waals surface area contributed by atoms with E-state index >= 15 is 0 Å². The maximum Gasteiger partial charge on any atom is 0.234 e. The van der Waals surface area contributed by atoms with E-state index in [-0.39, 0.29) is 11.7 Å². The molecule has 6 heteroatoms. The number of anilines is 1. The van der Waals surface area contributed by atoms with Gasteiger partial charge in [0.1, 0.15) is 5.82 Å². The first-order valence-corrected chi connectivity index (χ1v) is 9.34. The van der Waals surface area contributed by atoms with Gasteiger partial charge in [-0.2, -0.15) is 0 Å². The Kier molecular flexibility index (Phi) is 6.54. The molecule has 1 atom stereocenters. The summed E-state index contributed by atoms with van der Waals surface area (Å²) in [6.45, 7) is 5.11. The molecule has 0 radical (unpaired) electrons. The van der Waals surface area contributed by atoms with Crippen LogP contribution in [0.3, 0.4) is 0 Å². The number of hydrogen-bond donors (Lipinski definition) is 1. The molecule has 0 spiro atoms. The lowest BCUT2D eigenvalue weighted by atomic mass is 10.0. The van der Waals surface area contributed by atoms with Crippen molar-refractivity contribution in [3.8, 4) is 0 Å². The molecule has 1 saturated heterocycles. The number of benzene rings is 1. The molecule has 3 rings (SSSR count). The van der Waals surface area contributed by atoms with Crippen molar-refractivity contribution in [2.24, 2.45) is 0 Å². The van der Waals surface area contributed by atoms with Gasteiger partial charge in [0.15, 0.2) is 5.78 Å². The van der Waals surface area contributed by atoms with Gasteiger partial charge in [-0.15, -0.1) is 0 Å². The molecule has 1 aromatic heterocycles. The lowest BCUT2D eigenvalue weighted by Gasteiger charge is -2.35. The minimum absolute atomic E-state index is 0.0211. The van der Waals surface area contributed by atoms with Crippen molar-refractivity contribution in [2.75, 3.05) is 37.6 Å². The number of ketones is 1. The summed E-state index contributed by atoms with van der Waals surface area (Å²) in [5, 5.41) is 2.90. The highest BCUT2D eigenvalue weighted by Gasteiger charge is 2.22. The summed E-state index contributed by atoms with van der Waals surface area (Å²) in [5.74, 6) is 0.852. The molecule has 1 aromatic carbocycles. The quantitative estimate of drug-likeness (QED) is 0.805. The van der Waals surface area contributed by atoms with Crippen molar-refractivity contribution in [1.82, 2.24) is 15.2 Å². The Morgan fingerprint density at radius 1 is 1.04 bits per heavy atom. The predicted molar refractivity (Wildman–Crippen MR) is 106 cm³/mol. The number of carbonyl (C=O) groups excluding carboxylic acids is 2. The first kappa shape index (κ1) is 19.0. The average molecular weight is 366 g/mol. The predicted octanol–water partition coefficient (Wildman–Crippen LogP) is 1.52. The van der Waals surface area contributed by atoms with Crippen LogP contribution in [0.5, 0.6) is 0 Å².